The van der Waals surface area contributed by atoms with E-state index < -0.39 is 59.9 Å². The number of aromatic nitrogens is 1. The number of fused-ring (bicyclic) bond motifs is 1. The second-order valence-corrected chi connectivity index (χ2v) is 9.64. The van der Waals surface area contributed by atoms with Crippen LogP contribution in [0.3, 0.4) is 0 Å². The first-order valence-corrected chi connectivity index (χ1v) is 13.1. The van der Waals surface area contributed by atoms with Gasteiger partial charge < -0.3 is 48.3 Å². The van der Waals surface area contributed by atoms with E-state index in [9.17, 15) is 34.2 Å². The van der Waals surface area contributed by atoms with Crippen molar-refractivity contribution in [3.63, 3.8) is 0 Å². The number of amides is 4. The summed E-state index contributed by atoms with van der Waals surface area (Å²) in [4.78, 5) is 65.4. The Morgan fingerprint density at radius 1 is 0.925 bits per heavy atom. The highest BCUT2D eigenvalue weighted by atomic mass is 16.4. The van der Waals surface area contributed by atoms with Crippen LogP contribution < -0.4 is 33.2 Å². The molecule has 1 aromatic carbocycles. The second kappa shape index (κ2) is 15.5. The van der Waals surface area contributed by atoms with Gasteiger partial charge in [0, 0.05) is 29.9 Å². The Bertz CT molecular complexity index is 1180. The van der Waals surface area contributed by atoms with Crippen LogP contribution >= 0.6 is 0 Å². The molecule has 2 rings (SSSR count). The van der Waals surface area contributed by atoms with Crippen LogP contribution in [-0.4, -0.2) is 81.6 Å². The molecule has 5 unspecified atom stereocenters. The number of nitrogens with one attached hydrogen (secondary N) is 4. The number of para-hydroxylation sites is 1. The molecule has 0 spiro atoms. The summed E-state index contributed by atoms with van der Waals surface area (Å²) in [5, 5.41) is 27.5. The first-order chi connectivity index (χ1) is 18.9. The molecule has 14 nitrogen and oxygen atoms in total. The number of carbonyl (C=O) groups is 5. The summed E-state index contributed by atoms with van der Waals surface area (Å²) < 4.78 is 0. The zero-order valence-electron chi connectivity index (χ0n) is 22.4. The summed E-state index contributed by atoms with van der Waals surface area (Å²) in [7, 11) is 0. The monoisotopic (exact) mass is 561 g/mol. The molecule has 0 aliphatic heterocycles. The molecule has 2 aromatic rings. The Balaban J connectivity index is 2.32. The van der Waals surface area contributed by atoms with Gasteiger partial charge in [0.25, 0.3) is 0 Å². The van der Waals surface area contributed by atoms with Gasteiger partial charge in [-0.15, -0.1) is 0 Å². The highest BCUT2D eigenvalue weighted by Gasteiger charge is 2.31. The quantitative estimate of drug-likeness (QED) is 0.100. The van der Waals surface area contributed by atoms with E-state index >= 15 is 0 Å². The normalized spacial score (nSPS) is 14.9. The molecule has 1 heterocycles. The number of unbranched alkanes of at least 4 members (excludes halogenated alkanes) is 1. The van der Waals surface area contributed by atoms with E-state index in [4.69, 9.17) is 17.2 Å². The number of aliphatic hydroxyl groups excluding tert-OH is 1. The maximum atomic E-state index is 13.4. The zero-order chi connectivity index (χ0) is 29.8. The molecule has 0 aliphatic rings. The molecule has 0 aliphatic carbocycles. The molecular formula is C26H39N7O7. The number of aliphatic hydroxyl groups is 1. The fourth-order valence-electron chi connectivity index (χ4n) is 4.07. The summed E-state index contributed by atoms with van der Waals surface area (Å²) in [5.41, 5.74) is 17.9. The molecule has 0 bridgehead atoms. The highest BCUT2D eigenvalue weighted by molar-refractivity contribution is 5.95. The minimum Gasteiger partial charge on any atom is -0.480 e. The Labute approximate surface area is 231 Å². The van der Waals surface area contributed by atoms with Gasteiger partial charge in [-0.3, -0.25) is 19.2 Å². The second-order valence-electron chi connectivity index (χ2n) is 9.64. The predicted octanol–water partition coefficient (Wildman–Crippen LogP) is -1.65. The minimum absolute atomic E-state index is 0.0135. The van der Waals surface area contributed by atoms with Gasteiger partial charge in [0.2, 0.25) is 23.6 Å². The zero-order valence-corrected chi connectivity index (χ0v) is 22.4. The summed E-state index contributed by atoms with van der Waals surface area (Å²) in [6, 6.07) is 2.19. The smallest absolute Gasteiger partial charge is 0.326 e. The van der Waals surface area contributed by atoms with Crippen molar-refractivity contribution in [3.8, 4) is 0 Å². The lowest BCUT2D eigenvalue weighted by Crippen LogP contribution is -2.58. The Morgan fingerprint density at radius 3 is 2.17 bits per heavy atom. The van der Waals surface area contributed by atoms with Crippen molar-refractivity contribution in [1.29, 1.82) is 0 Å². The number of benzene rings is 1. The number of hydrogen-bond acceptors (Lipinski definition) is 8. The lowest BCUT2D eigenvalue weighted by molar-refractivity contribution is -0.142. The molecule has 0 saturated heterocycles. The Kier molecular flexibility index (Phi) is 12.5. The number of carboxylic acid groups (broad SMARTS) is 1. The number of carboxylic acids is 1. The summed E-state index contributed by atoms with van der Waals surface area (Å²) in [6.45, 7) is 1.67. The molecule has 5 atom stereocenters. The number of nitrogens with two attached hydrogens (primary N) is 3. The average Bonchev–Trinajstić information content (AvgIpc) is 3.31. The molecule has 1 aromatic heterocycles. The lowest BCUT2D eigenvalue weighted by atomic mass is 10.0. The number of hydrogen-bond donors (Lipinski definition) is 9. The van der Waals surface area contributed by atoms with Gasteiger partial charge in [-0.2, -0.15) is 0 Å². The fourth-order valence-corrected chi connectivity index (χ4v) is 4.07. The molecule has 220 valence electrons. The number of primary amides is 1. The third kappa shape index (κ3) is 9.63. The van der Waals surface area contributed by atoms with Gasteiger partial charge in [-0.1, -0.05) is 18.2 Å². The highest BCUT2D eigenvalue weighted by Crippen LogP contribution is 2.19. The standard InChI is InChI=1S/C26H39N7O7/c1-14(34)22(29)25(38)31-18(9-10-21(28)35)23(36)33-20(12-15-13-30-17-7-3-2-6-16(15)17)24(37)32-19(26(39)40)8-4-5-11-27/h2-3,6-7,13-14,18-20,22,30,34H,4-5,8-12,27,29H2,1H3,(H2,28,35)(H,31,38)(H,32,37)(H,33,36)(H,39,40). The molecule has 0 radical (unpaired) electrons. The first-order valence-electron chi connectivity index (χ1n) is 13.1. The van der Waals surface area contributed by atoms with Crippen molar-refractivity contribution >= 4 is 40.5 Å². The van der Waals surface area contributed by atoms with Gasteiger partial charge in [0.15, 0.2) is 0 Å². The number of aromatic amines is 1. The van der Waals surface area contributed by atoms with Gasteiger partial charge in [-0.25, -0.2) is 4.79 Å². The third-order valence-electron chi connectivity index (χ3n) is 6.43. The van der Waals surface area contributed by atoms with Crippen molar-refractivity contribution in [3.05, 3.63) is 36.0 Å². The van der Waals surface area contributed by atoms with Crippen molar-refractivity contribution in [2.75, 3.05) is 6.54 Å². The molecule has 4 amide bonds. The number of rotatable bonds is 17. The van der Waals surface area contributed by atoms with Gasteiger partial charge in [-0.05, 0) is 50.8 Å². The van der Waals surface area contributed by atoms with Gasteiger partial charge >= 0.3 is 5.97 Å². The fraction of sp³-hybridized carbons (Fsp3) is 0.500. The molecule has 40 heavy (non-hydrogen) atoms. The van der Waals surface area contributed by atoms with E-state index in [0.29, 0.717) is 24.9 Å². The van der Waals surface area contributed by atoms with Gasteiger partial charge in [0.1, 0.15) is 24.2 Å². The van der Waals surface area contributed by atoms with E-state index in [2.05, 4.69) is 20.9 Å². The van der Waals surface area contributed by atoms with E-state index in [1.807, 2.05) is 24.3 Å². The average molecular weight is 562 g/mol. The maximum Gasteiger partial charge on any atom is 0.326 e. The minimum atomic E-state index is -1.35. The third-order valence-corrected chi connectivity index (χ3v) is 6.43. The molecule has 14 heteroatoms. The van der Waals surface area contributed by atoms with Crippen molar-refractivity contribution in [2.45, 2.75) is 75.7 Å². The summed E-state index contributed by atoms with van der Waals surface area (Å²) >= 11 is 0. The Morgan fingerprint density at radius 2 is 1.55 bits per heavy atom. The van der Waals surface area contributed by atoms with Crippen LogP contribution in [0.15, 0.2) is 30.5 Å². The predicted molar refractivity (Wildman–Crippen MR) is 146 cm³/mol. The van der Waals surface area contributed by atoms with Gasteiger partial charge in [0.05, 0.1) is 6.10 Å². The van der Waals surface area contributed by atoms with Crippen LogP contribution in [0, 0.1) is 0 Å². The van der Waals surface area contributed by atoms with Crippen LogP contribution in [-0.2, 0) is 30.4 Å². The first kappa shape index (κ1) is 32.2. The largest absolute Gasteiger partial charge is 0.480 e. The summed E-state index contributed by atoms with van der Waals surface area (Å²) in [6.07, 6.45) is 1.18. The van der Waals surface area contributed by atoms with E-state index in [1.54, 1.807) is 6.20 Å². The summed E-state index contributed by atoms with van der Waals surface area (Å²) in [5.74, 6) is -4.37. The molecular weight excluding hydrogens is 522 g/mol. The maximum absolute atomic E-state index is 13.4. The van der Waals surface area contributed by atoms with E-state index in [0.717, 1.165) is 10.9 Å². The van der Waals surface area contributed by atoms with Crippen molar-refractivity contribution in [2.24, 2.45) is 17.2 Å². The topological polar surface area (TPSA) is 256 Å². The SMILES string of the molecule is CC(O)C(N)C(=O)NC(CCC(N)=O)C(=O)NC(Cc1c[nH]c2ccccc12)C(=O)NC(CCCCN)C(=O)O. The van der Waals surface area contributed by atoms with Crippen molar-refractivity contribution < 1.29 is 34.2 Å². The molecule has 0 saturated carbocycles. The number of H-pyrrole nitrogens is 1. The Hall–Kier alpha value is -4.01. The van der Waals surface area contributed by atoms with Crippen LogP contribution in [0.2, 0.25) is 0 Å². The van der Waals surface area contributed by atoms with Crippen LogP contribution in [0.5, 0.6) is 0 Å². The molecule has 0 fully saturated rings. The van der Waals surface area contributed by atoms with Crippen molar-refractivity contribution in [1.82, 2.24) is 20.9 Å². The number of aliphatic carboxylic acids is 1. The molecule has 12 N–H and O–H groups in total. The number of carbonyl (C=O) groups excluding carboxylic acids is 4. The van der Waals surface area contributed by atoms with Crippen LogP contribution in [0.1, 0.15) is 44.6 Å². The van der Waals surface area contributed by atoms with E-state index in [1.165, 1.54) is 6.92 Å². The van der Waals surface area contributed by atoms with Crippen LogP contribution in [0.25, 0.3) is 10.9 Å². The van der Waals surface area contributed by atoms with Crippen LogP contribution in [0.4, 0.5) is 0 Å². The van der Waals surface area contributed by atoms with E-state index in [-0.39, 0.29) is 25.7 Å². The lowest BCUT2D eigenvalue weighted by Gasteiger charge is -2.25.